The van der Waals surface area contributed by atoms with Gasteiger partial charge in [0.15, 0.2) is 10.9 Å². The van der Waals surface area contributed by atoms with Gasteiger partial charge in [0.25, 0.3) is 0 Å². The number of ketones is 1. The summed E-state index contributed by atoms with van der Waals surface area (Å²) < 4.78 is 2.02. The largest absolute Gasteiger partial charge is 0.325 e. The third-order valence-electron chi connectivity index (χ3n) is 4.23. The number of carbonyl (C=O) groups is 2. The van der Waals surface area contributed by atoms with Crippen LogP contribution in [0.5, 0.6) is 0 Å². The van der Waals surface area contributed by atoms with Gasteiger partial charge in [-0.15, -0.1) is 10.2 Å². The molecule has 144 valence electrons. The average molecular weight is 395 g/mol. The number of hydrogen-bond acceptors (Lipinski definition) is 5. The van der Waals surface area contributed by atoms with Crippen LogP contribution in [0.25, 0.3) is 0 Å². The van der Waals surface area contributed by atoms with Gasteiger partial charge >= 0.3 is 0 Å². The van der Waals surface area contributed by atoms with Gasteiger partial charge in [-0.25, -0.2) is 0 Å². The van der Waals surface area contributed by atoms with E-state index in [2.05, 4.69) is 27.6 Å². The number of thioether (sulfide) groups is 1. The number of carbonyl (C=O) groups excluding carboxylic acids is 2. The fourth-order valence-corrected chi connectivity index (χ4v) is 3.69. The van der Waals surface area contributed by atoms with Crippen LogP contribution in [-0.4, -0.2) is 32.2 Å². The van der Waals surface area contributed by atoms with E-state index in [9.17, 15) is 9.59 Å². The Morgan fingerprint density at radius 1 is 1.04 bits per heavy atom. The lowest BCUT2D eigenvalue weighted by Crippen LogP contribution is -2.16. The molecule has 3 rings (SSSR count). The van der Waals surface area contributed by atoms with Crippen LogP contribution in [0.4, 0.5) is 5.69 Å². The normalized spacial score (nSPS) is 10.6. The molecule has 2 aromatic carbocycles. The van der Waals surface area contributed by atoms with Gasteiger partial charge in [0, 0.05) is 18.5 Å². The van der Waals surface area contributed by atoms with E-state index >= 15 is 0 Å². The number of para-hydroxylation sites is 1. The molecule has 6 nitrogen and oxygen atoms in total. The maximum atomic E-state index is 12.4. The van der Waals surface area contributed by atoms with Crippen LogP contribution in [0, 0.1) is 0 Å². The van der Waals surface area contributed by atoms with Crippen LogP contribution in [0.1, 0.15) is 35.6 Å². The Balaban J connectivity index is 1.65. The highest BCUT2D eigenvalue weighted by Gasteiger charge is 2.15. The Kier molecular flexibility index (Phi) is 6.60. The predicted octanol–water partition coefficient (Wildman–Crippen LogP) is 3.82. The summed E-state index contributed by atoms with van der Waals surface area (Å²) in [4.78, 5) is 24.0. The van der Waals surface area contributed by atoms with E-state index in [1.54, 1.807) is 24.3 Å². The lowest BCUT2D eigenvalue weighted by atomic mass is 10.1. The number of nitrogens with one attached hydrogen (secondary N) is 1. The number of hydrogen-bond donors (Lipinski definition) is 1. The molecule has 1 N–H and O–H groups in total. The molecule has 1 amide bonds. The first kappa shape index (κ1) is 19.8. The molecule has 0 fully saturated rings. The third kappa shape index (κ3) is 4.86. The summed E-state index contributed by atoms with van der Waals surface area (Å²) in [5, 5.41) is 12.1. The number of rotatable bonds is 8. The molecule has 1 heterocycles. The van der Waals surface area contributed by atoms with Crippen LogP contribution in [0.2, 0.25) is 0 Å². The monoisotopic (exact) mass is 394 g/mol. The highest BCUT2D eigenvalue weighted by Crippen LogP contribution is 2.20. The van der Waals surface area contributed by atoms with E-state index in [0.29, 0.717) is 22.8 Å². The number of anilines is 1. The van der Waals surface area contributed by atoms with E-state index in [1.807, 2.05) is 29.7 Å². The van der Waals surface area contributed by atoms with Crippen molar-refractivity contribution in [3.63, 3.8) is 0 Å². The Labute approximate surface area is 168 Å². The Morgan fingerprint density at radius 3 is 2.46 bits per heavy atom. The van der Waals surface area contributed by atoms with Gasteiger partial charge in [-0.2, -0.15) is 0 Å². The number of amides is 1. The fraction of sp³-hybridized carbons (Fsp3) is 0.238. The van der Waals surface area contributed by atoms with Crippen molar-refractivity contribution in [3.05, 3.63) is 71.5 Å². The van der Waals surface area contributed by atoms with Crippen LogP contribution in [0.3, 0.4) is 0 Å². The summed E-state index contributed by atoms with van der Waals surface area (Å²) in [6.07, 6.45) is 0.695. The standard InChI is InChI=1S/C21H22N4O2S/c1-3-25-19(13-16-9-5-4-6-10-16)23-24-21(25)28-14-20(27)22-18-12-8-7-11-17(18)15(2)26/h4-12H,3,13-14H2,1-2H3,(H,22,27). The number of benzene rings is 2. The predicted molar refractivity (Wildman–Crippen MR) is 111 cm³/mol. The second kappa shape index (κ2) is 9.32. The zero-order chi connectivity index (χ0) is 19.9. The zero-order valence-corrected chi connectivity index (χ0v) is 16.7. The average Bonchev–Trinajstić information content (AvgIpc) is 3.09. The highest BCUT2D eigenvalue weighted by molar-refractivity contribution is 7.99. The molecular weight excluding hydrogens is 372 g/mol. The molecule has 0 bridgehead atoms. The molecule has 1 aromatic heterocycles. The highest BCUT2D eigenvalue weighted by atomic mass is 32.2. The smallest absolute Gasteiger partial charge is 0.234 e. The SMILES string of the molecule is CCn1c(Cc2ccccc2)nnc1SCC(=O)Nc1ccccc1C(C)=O. The van der Waals surface area contributed by atoms with Gasteiger partial charge in [-0.1, -0.05) is 54.2 Å². The molecule has 0 atom stereocenters. The topological polar surface area (TPSA) is 76.9 Å². The van der Waals surface area contributed by atoms with Crippen LogP contribution in [0.15, 0.2) is 59.8 Å². The van der Waals surface area contributed by atoms with E-state index in [4.69, 9.17) is 0 Å². The molecule has 0 aliphatic heterocycles. The van der Waals surface area contributed by atoms with Crippen molar-refractivity contribution < 1.29 is 9.59 Å². The first-order valence-electron chi connectivity index (χ1n) is 9.07. The number of Topliss-reactive ketones (excluding diaryl/α,β-unsaturated/α-hetero) is 1. The molecule has 0 radical (unpaired) electrons. The molecule has 0 aliphatic rings. The zero-order valence-electron chi connectivity index (χ0n) is 15.9. The second-order valence-electron chi connectivity index (χ2n) is 6.24. The summed E-state index contributed by atoms with van der Waals surface area (Å²) in [7, 11) is 0. The molecule has 28 heavy (non-hydrogen) atoms. The van der Waals surface area contributed by atoms with Crippen LogP contribution >= 0.6 is 11.8 Å². The second-order valence-corrected chi connectivity index (χ2v) is 7.19. The molecule has 7 heteroatoms. The van der Waals surface area contributed by atoms with Gasteiger partial charge < -0.3 is 9.88 Å². The van der Waals surface area contributed by atoms with E-state index < -0.39 is 0 Å². The maximum Gasteiger partial charge on any atom is 0.234 e. The van der Waals surface area contributed by atoms with Gasteiger partial charge in [-0.05, 0) is 31.5 Å². The number of nitrogens with zero attached hydrogens (tertiary/aromatic N) is 3. The van der Waals surface area contributed by atoms with Crippen molar-refractivity contribution in [3.8, 4) is 0 Å². The molecule has 0 saturated heterocycles. The Morgan fingerprint density at radius 2 is 1.75 bits per heavy atom. The lowest BCUT2D eigenvalue weighted by molar-refractivity contribution is -0.113. The minimum Gasteiger partial charge on any atom is -0.325 e. The van der Waals surface area contributed by atoms with Crippen molar-refractivity contribution in [2.45, 2.75) is 32.0 Å². The summed E-state index contributed by atoms with van der Waals surface area (Å²) >= 11 is 1.34. The third-order valence-corrected chi connectivity index (χ3v) is 5.19. The van der Waals surface area contributed by atoms with Crippen molar-refractivity contribution in [2.24, 2.45) is 0 Å². The molecule has 3 aromatic rings. The molecule has 0 unspecified atom stereocenters. The summed E-state index contributed by atoms with van der Waals surface area (Å²) in [6.45, 7) is 4.25. The molecule has 0 aliphatic carbocycles. The molecule has 0 spiro atoms. The summed E-state index contributed by atoms with van der Waals surface area (Å²) in [5.74, 6) is 0.794. The maximum absolute atomic E-state index is 12.4. The van der Waals surface area contributed by atoms with Crippen molar-refractivity contribution in [2.75, 3.05) is 11.1 Å². The van der Waals surface area contributed by atoms with Crippen molar-refractivity contribution in [1.82, 2.24) is 14.8 Å². The lowest BCUT2D eigenvalue weighted by Gasteiger charge is -2.09. The van der Waals surface area contributed by atoms with E-state index in [1.165, 1.54) is 24.2 Å². The van der Waals surface area contributed by atoms with Gasteiger partial charge in [0.1, 0.15) is 5.82 Å². The fourth-order valence-electron chi connectivity index (χ4n) is 2.87. The molecular formula is C21H22N4O2S. The van der Waals surface area contributed by atoms with Gasteiger partial charge in [0.2, 0.25) is 5.91 Å². The minimum absolute atomic E-state index is 0.0835. The quantitative estimate of drug-likeness (QED) is 0.464. The first-order chi connectivity index (χ1) is 13.6. The van der Waals surface area contributed by atoms with Gasteiger partial charge in [-0.3, -0.25) is 9.59 Å². The number of aromatic nitrogens is 3. The Bertz CT molecular complexity index is 970. The first-order valence-corrected chi connectivity index (χ1v) is 10.1. The van der Waals surface area contributed by atoms with Crippen molar-refractivity contribution >= 4 is 29.1 Å². The summed E-state index contributed by atoms with van der Waals surface area (Å²) in [6, 6.07) is 17.1. The summed E-state index contributed by atoms with van der Waals surface area (Å²) in [5.41, 5.74) is 2.20. The Hall–Kier alpha value is -2.93. The van der Waals surface area contributed by atoms with Crippen molar-refractivity contribution in [1.29, 1.82) is 0 Å². The minimum atomic E-state index is -0.186. The molecule has 0 saturated carbocycles. The van der Waals surface area contributed by atoms with Crippen LogP contribution in [-0.2, 0) is 17.8 Å². The van der Waals surface area contributed by atoms with Crippen LogP contribution < -0.4 is 5.32 Å². The van der Waals surface area contributed by atoms with E-state index in [-0.39, 0.29) is 17.4 Å². The van der Waals surface area contributed by atoms with Gasteiger partial charge in [0.05, 0.1) is 11.4 Å². The van der Waals surface area contributed by atoms with E-state index in [0.717, 1.165) is 12.4 Å².